The molecule has 1 aromatic heterocycles. The van der Waals surface area contributed by atoms with Crippen LogP contribution >= 0.6 is 0 Å². The van der Waals surface area contributed by atoms with Crippen LogP contribution in [0.25, 0.3) is 10.9 Å². The van der Waals surface area contributed by atoms with Crippen LogP contribution in [0.5, 0.6) is 0 Å². The molecule has 1 atom stereocenters. The van der Waals surface area contributed by atoms with Crippen molar-refractivity contribution in [1.82, 2.24) is 4.98 Å². The Bertz CT molecular complexity index is 443. The number of hydrogen-bond donors (Lipinski definition) is 2. The Balaban J connectivity index is 2.58. The fourth-order valence-corrected chi connectivity index (χ4v) is 1.80. The van der Waals surface area contributed by atoms with E-state index in [1.54, 1.807) is 0 Å². The smallest absolute Gasteiger partial charge is 0.0459 e. The van der Waals surface area contributed by atoms with Gasteiger partial charge in [0, 0.05) is 17.1 Å². The van der Waals surface area contributed by atoms with Crippen LogP contribution in [0.2, 0.25) is 0 Å². The van der Waals surface area contributed by atoms with Gasteiger partial charge in [0.15, 0.2) is 0 Å². The van der Waals surface area contributed by atoms with E-state index in [0.717, 1.165) is 0 Å². The fourth-order valence-electron chi connectivity index (χ4n) is 1.80. The van der Waals surface area contributed by atoms with Crippen LogP contribution in [-0.2, 0) is 0 Å². The minimum atomic E-state index is 0.423. The summed E-state index contributed by atoms with van der Waals surface area (Å²) >= 11 is 0. The summed E-state index contributed by atoms with van der Waals surface area (Å²) in [6.45, 7) is 4.95. The molecule has 74 valence electrons. The zero-order chi connectivity index (χ0) is 10.1. The zero-order valence-electron chi connectivity index (χ0n) is 8.67. The normalized spacial score (nSPS) is 13.4. The Morgan fingerprint density at radius 3 is 2.93 bits per heavy atom. The first-order valence-electron chi connectivity index (χ1n) is 5.00. The van der Waals surface area contributed by atoms with Crippen LogP contribution in [0.1, 0.15) is 24.0 Å². The largest absolute Gasteiger partial charge is 0.361 e. The third-order valence-electron chi connectivity index (χ3n) is 2.75. The summed E-state index contributed by atoms with van der Waals surface area (Å²) in [6.07, 6.45) is 2.07. The minimum Gasteiger partial charge on any atom is -0.361 e. The molecule has 14 heavy (non-hydrogen) atoms. The molecular formula is C12H16N2. The van der Waals surface area contributed by atoms with Gasteiger partial charge in [-0.2, -0.15) is 0 Å². The van der Waals surface area contributed by atoms with E-state index in [2.05, 4.69) is 43.2 Å². The van der Waals surface area contributed by atoms with Gasteiger partial charge >= 0.3 is 0 Å². The summed E-state index contributed by atoms with van der Waals surface area (Å²) in [6, 6.07) is 6.48. The van der Waals surface area contributed by atoms with Crippen molar-refractivity contribution >= 4 is 10.9 Å². The number of nitrogens with one attached hydrogen (secondary N) is 1. The minimum absolute atomic E-state index is 0.423. The van der Waals surface area contributed by atoms with E-state index in [1.165, 1.54) is 22.0 Å². The molecule has 0 aliphatic carbocycles. The second kappa shape index (κ2) is 3.46. The number of rotatable bonds is 2. The van der Waals surface area contributed by atoms with E-state index in [9.17, 15) is 0 Å². The van der Waals surface area contributed by atoms with Crippen LogP contribution in [0.3, 0.4) is 0 Å². The van der Waals surface area contributed by atoms with E-state index in [0.29, 0.717) is 12.5 Å². The molecule has 2 aromatic rings. The van der Waals surface area contributed by atoms with Crippen molar-refractivity contribution in [3.8, 4) is 0 Å². The first-order chi connectivity index (χ1) is 6.72. The molecular weight excluding hydrogens is 172 g/mol. The van der Waals surface area contributed by atoms with E-state index in [4.69, 9.17) is 5.73 Å². The average molecular weight is 188 g/mol. The van der Waals surface area contributed by atoms with Gasteiger partial charge in [0.25, 0.3) is 0 Å². The lowest BCUT2D eigenvalue weighted by atomic mass is 10.0. The maximum atomic E-state index is 5.67. The predicted molar refractivity (Wildman–Crippen MR) is 60.5 cm³/mol. The van der Waals surface area contributed by atoms with Gasteiger partial charge in [0.05, 0.1) is 0 Å². The van der Waals surface area contributed by atoms with Crippen molar-refractivity contribution in [2.45, 2.75) is 19.8 Å². The van der Waals surface area contributed by atoms with Gasteiger partial charge in [-0.25, -0.2) is 0 Å². The van der Waals surface area contributed by atoms with Gasteiger partial charge in [-0.1, -0.05) is 19.1 Å². The molecule has 0 bridgehead atoms. The molecule has 1 aromatic carbocycles. The SMILES string of the molecule is Cc1ccc2c(C(C)CN)c[nH]c2c1. The molecule has 0 saturated heterocycles. The van der Waals surface area contributed by atoms with Gasteiger partial charge < -0.3 is 10.7 Å². The van der Waals surface area contributed by atoms with Gasteiger partial charge in [-0.05, 0) is 36.6 Å². The number of fused-ring (bicyclic) bond motifs is 1. The topological polar surface area (TPSA) is 41.8 Å². The van der Waals surface area contributed by atoms with Crippen molar-refractivity contribution in [3.05, 3.63) is 35.5 Å². The van der Waals surface area contributed by atoms with Crippen LogP contribution in [0, 0.1) is 6.92 Å². The molecule has 0 saturated carbocycles. The molecule has 0 radical (unpaired) electrons. The van der Waals surface area contributed by atoms with Crippen molar-refractivity contribution in [3.63, 3.8) is 0 Å². The van der Waals surface area contributed by atoms with Crippen LogP contribution in [0.4, 0.5) is 0 Å². The number of hydrogen-bond acceptors (Lipinski definition) is 1. The number of aromatic amines is 1. The maximum Gasteiger partial charge on any atom is 0.0459 e. The Hall–Kier alpha value is -1.28. The molecule has 0 spiro atoms. The zero-order valence-corrected chi connectivity index (χ0v) is 8.67. The van der Waals surface area contributed by atoms with Crippen LogP contribution in [-0.4, -0.2) is 11.5 Å². The van der Waals surface area contributed by atoms with E-state index in [1.807, 2.05) is 0 Å². The second-order valence-electron chi connectivity index (χ2n) is 3.93. The van der Waals surface area contributed by atoms with Gasteiger partial charge in [-0.3, -0.25) is 0 Å². The summed E-state index contributed by atoms with van der Waals surface area (Å²) in [4.78, 5) is 3.29. The molecule has 2 heteroatoms. The fraction of sp³-hybridized carbons (Fsp3) is 0.333. The highest BCUT2D eigenvalue weighted by molar-refractivity contribution is 5.84. The molecule has 3 N–H and O–H groups in total. The summed E-state index contributed by atoms with van der Waals surface area (Å²) < 4.78 is 0. The lowest BCUT2D eigenvalue weighted by molar-refractivity contribution is 0.780. The van der Waals surface area contributed by atoms with E-state index >= 15 is 0 Å². The number of aromatic nitrogens is 1. The van der Waals surface area contributed by atoms with Crippen LogP contribution < -0.4 is 5.73 Å². The van der Waals surface area contributed by atoms with Crippen molar-refractivity contribution in [1.29, 1.82) is 0 Å². The summed E-state index contributed by atoms with van der Waals surface area (Å²) in [5, 5.41) is 1.30. The predicted octanol–water partition coefficient (Wildman–Crippen LogP) is 2.54. The highest BCUT2D eigenvalue weighted by Crippen LogP contribution is 2.25. The highest BCUT2D eigenvalue weighted by atomic mass is 14.7. The molecule has 0 fully saturated rings. The lowest BCUT2D eigenvalue weighted by Gasteiger charge is -2.06. The van der Waals surface area contributed by atoms with E-state index in [-0.39, 0.29) is 0 Å². The van der Waals surface area contributed by atoms with Gasteiger partial charge in [0.2, 0.25) is 0 Å². The van der Waals surface area contributed by atoms with E-state index < -0.39 is 0 Å². The maximum absolute atomic E-state index is 5.67. The molecule has 0 amide bonds. The Kier molecular flexibility index (Phi) is 2.30. The molecule has 1 heterocycles. The summed E-state index contributed by atoms with van der Waals surface area (Å²) in [5.74, 6) is 0.423. The number of nitrogens with two attached hydrogens (primary N) is 1. The van der Waals surface area contributed by atoms with Crippen molar-refractivity contribution in [2.75, 3.05) is 6.54 Å². The highest BCUT2D eigenvalue weighted by Gasteiger charge is 2.09. The Morgan fingerprint density at radius 2 is 2.21 bits per heavy atom. The number of aryl methyl sites for hydroxylation is 1. The second-order valence-corrected chi connectivity index (χ2v) is 3.93. The molecule has 1 unspecified atom stereocenters. The first-order valence-corrected chi connectivity index (χ1v) is 5.00. The van der Waals surface area contributed by atoms with Crippen LogP contribution in [0.15, 0.2) is 24.4 Å². The van der Waals surface area contributed by atoms with Gasteiger partial charge in [-0.15, -0.1) is 0 Å². The summed E-state index contributed by atoms with van der Waals surface area (Å²) in [5.41, 5.74) is 9.48. The third kappa shape index (κ3) is 1.42. The first kappa shape index (κ1) is 9.28. The standard InChI is InChI=1S/C12H16N2/c1-8-3-4-10-11(9(2)6-13)7-14-12(10)5-8/h3-5,7,9,14H,6,13H2,1-2H3. The van der Waals surface area contributed by atoms with Gasteiger partial charge in [0.1, 0.15) is 0 Å². The molecule has 2 nitrogen and oxygen atoms in total. The molecule has 0 aliphatic heterocycles. The van der Waals surface area contributed by atoms with Crippen molar-refractivity contribution < 1.29 is 0 Å². The molecule has 0 aliphatic rings. The Labute approximate surface area is 84.1 Å². The third-order valence-corrected chi connectivity index (χ3v) is 2.75. The quantitative estimate of drug-likeness (QED) is 0.747. The number of H-pyrrole nitrogens is 1. The summed E-state index contributed by atoms with van der Waals surface area (Å²) in [7, 11) is 0. The Morgan fingerprint density at radius 1 is 1.43 bits per heavy atom. The molecule has 2 rings (SSSR count). The monoisotopic (exact) mass is 188 g/mol. The lowest BCUT2D eigenvalue weighted by Crippen LogP contribution is -2.08. The number of benzene rings is 1. The van der Waals surface area contributed by atoms with Crippen molar-refractivity contribution in [2.24, 2.45) is 5.73 Å². The average Bonchev–Trinajstić information content (AvgIpc) is 2.59.